The van der Waals surface area contributed by atoms with Gasteiger partial charge in [0.2, 0.25) is 11.8 Å². The highest BCUT2D eigenvalue weighted by atomic mass is 32.2. The van der Waals surface area contributed by atoms with E-state index in [0.29, 0.717) is 18.6 Å². The number of hydrogen-bond acceptors (Lipinski definition) is 8. The average molecular weight is 434 g/mol. The smallest absolute Gasteiger partial charge is 0.302 e. The van der Waals surface area contributed by atoms with Crippen molar-refractivity contribution in [1.82, 2.24) is 9.80 Å². The van der Waals surface area contributed by atoms with Crippen LogP contribution >= 0.6 is 19.6 Å². The van der Waals surface area contributed by atoms with Crippen molar-refractivity contribution in [2.24, 2.45) is 0 Å². The van der Waals surface area contributed by atoms with Crippen molar-refractivity contribution >= 4 is 43.2 Å². The summed E-state index contributed by atoms with van der Waals surface area (Å²) in [4.78, 5) is 58.9. The van der Waals surface area contributed by atoms with E-state index < -0.39 is 24.9 Å². The first kappa shape index (κ1) is 22.8. The molecule has 1 fully saturated rings. The van der Waals surface area contributed by atoms with Gasteiger partial charge in [0.1, 0.15) is 0 Å². The second kappa shape index (κ2) is 10.3. The zero-order chi connectivity index (χ0) is 20.7. The summed E-state index contributed by atoms with van der Waals surface area (Å²) in [5.74, 6) is -1.17. The molecule has 28 heavy (non-hydrogen) atoms. The fourth-order valence-corrected chi connectivity index (χ4v) is 4.52. The summed E-state index contributed by atoms with van der Waals surface area (Å²) in [7, 11) is -4.04. The lowest BCUT2D eigenvalue weighted by Gasteiger charge is -2.19. The number of imide groups is 2. The van der Waals surface area contributed by atoms with Crippen LogP contribution in [-0.2, 0) is 32.8 Å². The van der Waals surface area contributed by atoms with Gasteiger partial charge in [0, 0.05) is 31.7 Å². The Labute approximate surface area is 166 Å². The topological polar surface area (TPSA) is 131 Å². The van der Waals surface area contributed by atoms with Crippen LogP contribution in [0.4, 0.5) is 0 Å². The Morgan fingerprint density at radius 1 is 1.11 bits per heavy atom. The number of thioether (sulfide) groups is 1. The molecule has 2 heterocycles. The summed E-state index contributed by atoms with van der Waals surface area (Å²) in [6.45, 7) is 1.87. The van der Waals surface area contributed by atoms with E-state index in [1.54, 1.807) is 6.92 Å². The van der Waals surface area contributed by atoms with Crippen LogP contribution in [0.25, 0.3) is 0 Å². The molecule has 0 bridgehead atoms. The molecule has 2 rings (SSSR count). The fraction of sp³-hybridized carbons (Fsp3) is 0.625. The Balaban J connectivity index is 1.69. The van der Waals surface area contributed by atoms with Gasteiger partial charge in [-0.1, -0.05) is 6.92 Å². The molecule has 0 saturated carbocycles. The van der Waals surface area contributed by atoms with Crippen molar-refractivity contribution in [1.29, 1.82) is 0 Å². The molecule has 0 aromatic heterocycles. The minimum atomic E-state index is -4.04. The number of phosphoric ester groups is 1. The molecule has 156 valence electrons. The number of nitrogens with zero attached hydrogens (tertiary/aromatic N) is 2. The largest absolute Gasteiger partial charge is 0.472 e. The van der Waals surface area contributed by atoms with E-state index in [1.807, 2.05) is 0 Å². The Morgan fingerprint density at radius 3 is 2.36 bits per heavy atom. The molecule has 0 spiro atoms. The van der Waals surface area contributed by atoms with Gasteiger partial charge < -0.3 is 4.89 Å². The van der Waals surface area contributed by atoms with Crippen LogP contribution in [0.1, 0.15) is 26.2 Å². The zero-order valence-corrected chi connectivity index (χ0v) is 17.2. The van der Waals surface area contributed by atoms with E-state index in [1.165, 1.54) is 11.8 Å². The van der Waals surface area contributed by atoms with Gasteiger partial charge in [-0.05, 0) is 18.6 Å². The van der Waals surface area contributed by atoms with E-state index in [-0.39, 0.29) is 44.5 Å². The Hall–Kier alpha value is -1.52. The van der Waals surface area contributed by atoms with Crippen molar-refractivity contribution in [3.05, 3.63) is 12.2 Å². The number of carbonyl (C=O) groups excluding carboxylic acids is 4. The van der Waals surface area contributed by atoms with E-state index in [9.17, 15) is 28.6 Å². The van der Waals surface area contributed by atoms with Gasteiger partial charge in [0.25, 0.3) is 11.8 Å². The molecule has 0 radical (unpaired) electrons. The summed E-state index contributed by atoms with van der Waals surface area (Å²) in [5.41, 5.74) is 0. The fourth-order valence-electron chi connectivity index (χ4n) is 2.58. The lowest BCUT2D eigenvalue weighted by atomic mass is 10.4. The van der Waals surface area contributed by atoms with Crippen LogP contribution in [0, 0.1) is 0 Å². The highest BCUT2D eigenvalue weighted by molar-refractivity contribution is 8.00. The molecule has 2 aliphatic heterocycles. The number of carbonyl (C=O) groups is 4. The standard InChI is InChI=1S/C16H23N2O8PS/c1-2-8-25-27(23,24)26-9-3-10-28-12-11-15(21)18(16(12)22)7-6-17-13(19)4-5-14(17)20/h4-5,12H,2-3,6-11H2,1H3,(H,23,24). The van der Waals surface area contributed by atoms with Crippen molar-refractivity contribution in [3.63, 3.8) is 0 Å². The molecule has 10 nitrogen and oxygen atoms in total. The summed E-state index contributed by atoms with van der Waals surface area (Å²) in [6.07, 6.45) is 3.34. The predicted octanol–water partition coefficient (Wildman–Crippen LogP) is 0.706. The third-order valence-electron chi connectivity index (χ3n) is 3.97. The Bertz CT molecular complexity index is 695. The maximum absolute atomic E-state index is 12.4. The molecule has 12 heteroatoms. The number of rotatable bonds is 12. The first-order valence-electron chi connectivity index (χ1n) is 8.86. The Morgan fingerprint density at radius 2 is 1.71 bits per heavy atom. The van der Waals surface area contributed by atoms with E-state index in [4.69, 9.17) is 9.05 Å². The third-order valence-corrected chi connectivity index (χ3v) is 6.28. The van der Waals surface area contributed by atoms with Crippen molar-refractivity contribution in [3.8, 4) is 0 Å². The molecule has 0 aromatic rings. The van der Waals surface area contributed by atoms with Gasteiger partial charge in [-0.15, -0.1) is 11.8 Å². The van der Waals surface area contributed by atoms with Gasteiger partial charge in [-0.25, -0.2) is 4.57 Å². The summed E-state index contributed by atoms with van der Waals surface area (Å²) in [6, 6.07) is 0. The molecule has 0 aliphatic carbocycles. The zero-order valence-electron chi connectivity index (χ0n) is 15.4. The quantitative estimate of drug-likeness (QED) is 0.268. The average Bonchev–Trinajstić information content (AvgIpc) is 3.10. The van der Waals surface area contributed by atoms with Crippen LogP contribution in [0.5, 0.6) is 0 Å². The van der Waals surface area contributed by atoms with Gasteiger partial charge in [0.15, 0.2) is 0 Å². The molecule has 1 N–H and O–H groups in total. The molecule has 1 saturated heterocycles. The minimum Gasteiger partial charge on any atom is -0.302 e. The molecule has 4 amide bonds. The summed E-state index contributed by atoms with van der Waals surface area (Å²) < 4.78 is 21.0. The van der Waals surface area contributed by atoms with Gasteiger partial charge in [-0.2, -0.15) is 0 Å². The Kier molecular flexibility index (Phi) is 8.38. The van der Waals surface area contributed by atoms with Crippen molar-refractivity contribution in [2.75, 3.05) is 32.1 Å². The number of hydrogen-bond donors (Lipinski definition) is 1. The van der Waals surface area contributed by atoms with E-state index in [2.05, 4.69) is 0 Å². The first-order chi connectivity index (χ1) is 13.2. The van der Waals surface area contributed by atoms with Crippen LogP contribution in [-0.4, -0.2) is 75.6 Å². The van der Waals surface area contributed by atoms with Gasteiger partial charge in [0.05, 0.1) is 18.5 Å². The SMILES string of the molecule is CCCOP(=O)(O)OCCCSC1CC(=O)N(CCN2C(=O)C=CC2=O)C1=O. The second-order valence-corrected chi connectivity index (χ2v) is 8.86. The maximum Gasteiger partial charge on any atom is 0.472 e. The predicted molar refractivity (Wildman–Crippen MR) is 100 cm³/mol. The lowest BCUT2D eigenvalue weighted by Crippen LogP contribution is -2.41. The second-order valence-electron chi connectivity index (χ2n) is 6.10. The van der Waals surface area contributed by atoms with E-state index >= 15 is 0 Å². The first-order valence-corrected chi connectivity index (χ1v) is 11.4. The molecule has 2 unspecified atom stereocenters. The van der Waals surface area contributed by atoms with Crippen molar-refractivity contribution < 1.29 is 37.7 Å². The minimum absolute atomic E-state index is 0.00472. The molecular weight excluding hydrogens is 411 g/mol. The van der Waals surface area contributed by atoms with Crippen LogP contribution in [0.15, 0.2) is 12.2 Å². The van der Waals surface area contributed by atoms with Crippen LogP contribution in [0.3, 0.4) is 0 Å². The lowest BCUT2D eigenvalue weighted by molar-refractivity contribution is -0.142. The van der Waals surface area contributed by atoms with Gasteiger partial charge >= 0.3 is 7.82 Å². The van der Waals surface area contributed by atoms with Gasteiger partial charge in [-0.3, -0.25) is 38.0 Å². The molecule has 2 aliphatic rings. The molecule has 2 atom stereocenters. The normalized spacial score (nSPS) is 21.9. The highest BCUT2D eigenvalue weighted by Crippen LogP contribution is 2.43. The highest BCUT2D eigenvalue weighted by Gasteiger charge is 2.39. The summed E-state index contributed by atoms with van der Waals surface area (Å²) >= 11 is 1.26. The monoisotopic (exact) mass is 434 g/mol. The maximum atomic E-state index is 12.4. The van der Waals surface area contributed by atoms with E-state index in [0.717, 1.165) is 22.0 Å². The molecule has 0 aromatic carbocycles. The number of amides is 4. The van der Waals surface area contributed by atoms with Crippen LogP contribution < -0.4 is 0 Å². The summed E-state index contributed by atoms with van der Waals surface area (Å²) in [5, 5.41) is -0.548. The number of phosphoric acid groups is 1. The molecular formula is C16H23N2O8PS. The van der Waals surface area contributed by atoms with Crippen molar-refractivity contribution in [2.45, 2.75) is 31.4 Å². The van der Waals surface area contributed by atoms with Crippen LogP contribution in [0.2, 0.25) is 0 Å². The third kappa shape index (κ3) is 6.25. The number of likely N-dealkylation sites (tertiary alicyclic amines) is 1.